The Morgan fingerprint density at radius 3 is 2.72 bits per heavy atom. The molecule has 0 radical (unpaired) electrons. The van der Waals surface area contributed by atoms with E-state index < -0.39 is 0 Å². The molecule has 25 heavy (non-hydrogen) atoms. The van der Waals surface area contributed by atoms with Crippen molar-refractivity contribution in [1.29, 1.82) is 0 Å². The maximum atomic E-state index is 12.8. The van der Waals surface area contributed by atoms with Crippen molar-refractivity contribution in [3.05, 3.63) is 41.7 Å². The van der Waals surface area contributed by atoms with E-state index in [0.717, 1.165) is 24.2 Å². The summed E-state index contributed by atoms with van der Waals surface area (Å²) >= 11 is 0. The Morgan fingerprint density at radius 1 is 1.28 bits per heavy atom. The number of rotatable bonds is 5. The van der Waals surface area contributed by atoms with E-state index in [4.69, 9.17) is 0 Å². The number of hydrogen-bond donors (Lipinski definition) is 0. The average molecular weight is 337 g/mol. The molecule has 1 fully saturated rings. The number of benzene rings is 1. The summed E-state index contributed by atoms with van der Waals surface area (Å²) in [6.45, 7) is 2.82. The largest absolute Gasteiger partial charge is 0.328 e. The van der Waals surface area contributed by atoms with Crippen LogP contribution in [0.3, 0.4) is 0 Å². The van der Waals surface area contributed by atoms with E-state index in [2.05, 4.69) is 27.4 Å². The minimum atomic E-state index is 0.129. The molecule has 1 saturated carbocycles. The van der Waals surface area contributed by atoms with Gasteiger partial charge in [0.15, 0.2) is 0 Å². The summed E-state index contributed by atoms with van der Waals surface area (Å²) in [5.74, 6) is 7.18. The monoisotopic (exact) mass is 337 g/mol. The second-order valence-electron chi connectivity index (χ2n) is 6.33. The molecule has 130 valence electrons. The summed E-state index contributed by atoms with van der Waals surface area (Å²) in [4.78, 5) is 14.7. The first kappa shape index (κ1) is 17.2. The highest BCUT2D eigenvalue weighted by molar-refractivity contribution is 5.76. The number of aryl methyl sites for hydroxylation is 2. The number of nitrogens with zero attached hydrogens (tertiary/aromatic N) is 5. The van der Waals surface area contributed by atoms with Crippen molar-refractivity contribution < 1.29 is 4.79 Å². The van der Waals surface area contributed by atoms with Gasteiger partial charge in [-0.2, -0.15) is 0 Å². The number of tetrazole rings is 1. The lowest BCUT2D eigenvalue weighted by atomic mass is 10.2. The van der Waals surface area contributed by atoms with Crippen molar-refractivity contribution in [2.24, 2.45) is 0 Å². The molecular formula is C19H23N5O. The Bertz CT molecular complexity index is 753. The maximum Gasteiger partial charge on any atom is 0.225 e. The molecular weight excluding hydrogens is 314 g/mol. The van der Waals surface area contributed by atoms with Gasteiger partial charge in [-0.05, 0) is 42.3 Å². The fourth-order valence-electron chi connectivity index (χ4n) is 3.19. The molecule has 6 heteroatoms. The first-order chi connectivity index (χ1) is 12.2. The van der Waals surface area contributed by atoms with Crippen molar-refractivity contribution in [3.8, 4) is 11.8 Å². The van der Waals surface area contributed by atoms with Gasteiger partial charge in [0.1, 0.15) is 5.82 Å². The van der Waals surface area contributed by atoms with Crippen LogP contribution in [0.5, 0.6) is 0 Å². The molecule has 1 aliphatic carbocycles. The molecule has 1 aromatic carbocycles. The van der Waals surface area contributed by atoms with E-state index in [-0.39, 0.29) is 5.91 Å². The van der Waals surface area contributed by atoms with Crippen LogP contribution in [0.25, 0.3) is 0 Å². The SMILES string of the molecule is Cc1nnnn1CCC(=O)N(CC#Cc1ccccc1)C1CCCC1. The van der Waals surface area contributed by atoms with Gasteiger partial charge in [0, 0.05) is 18.0 Å². The third-order valence-electron chi connectivity index (χ3n) is 4.59. The standard InChI is InChI=1S/C19H23N5O/c1-16-20-21-22-24(16)15-13-19(25)23(18-11-5-6-12-18)14-7-10-17-8-3-2-4-9-17/h2-4,8-9,18H,5-6,11-15H2,1H3. The van der Waals surface area contributed by atoms with Gasteiger partial charge in [0.2, 0.25) is 5.91 Å². The van der Waals surface area contributed by atoms with Crippen molar-refractivity contribution in [1.82, 2.24) is 25.1 Å². The van der Waals surface area contributed by atoms with E-state index >= 15 is 0 Å². The highest BCUT2D eigenvalue weighted by Crippen LogP contribution is 2.24. The van der Waals surface area contributed by atoms with Gasteiger partial charge in [-0.1, -0.05) is 42.9 Å². The third-order valence-corrected chi connectivity index (χ3v) is 4.59. The molecule has 1 amide bonds. The lowest BCUT2D eigenvalue weighted by Crippen LogP contribution is -2.39. The predicted molar refractivity (Wildman–Crippen MR) is 94.5 cm³/mol. The molecule has 0 spiro atoms. The fraction of sp³-hybridized carbons (Fsp3) is 0.474. The summed E-state index contributed by atoms with van der Waals surface area (Å²) in [6.07, 6.45) is 4.92. The number of carbonyl (C=O) groups is 1. The van der Waals surface area contributed by atoms with Crippen LogP contribution < -0.4 is 0 Å². The summed E-state index contributed by atoms with van der Waals surface area (Å²) < 4.78 is 1.67. The average Bonchev–Trinajstić information content (AvgIpc) is 3.29. The second-order valence-corrected chi connectivity index (χ2v) is 6.33. The molecule has 1 heterocycles. The topological polar surface area (TPSA) is 63.9 Å². The van der Waals surface area contributed by atoms with Crippen LogP contribution in [0.4, 0.5) is 0 Å². The Hall–Kier alpha value is -2.68. The molecule has 0 atom stereocenters. The molecule has 0 saturated heterocycles. The molecule has 0 bridgehead atoms. The molecule has 2 aromatic rings. The molecule has 3 rings (SSSR count). The normalized spacial score (nSPS) is 14.1. The first-order valence-corrected chi connectivity index (χ1v) is 8.80. The molecule has 0 unspecified atom stereocenters. The summed E-state index contributed by atoms with van der Waals surface area (Å²) in [7, 11) is 0. The molecule has 0 N–H and O–H groups in total. The second kappa shape index (κ2) is 8.43. The van der Waals surface area contributed by atoms with Crippen LogP contribution >= 0.6 is 0 Å². The number of aromatic nitrogens is 4. The summed E-state index contributed by atoms with van der Waals surface area (Å²) in [6, 6.07) is 10.2. The van der Waals surface area contributed by atoms with Crippen LogP contribution in [-0.4, -0.2) is 43.6 Å². The van der Waals surface area contributed by atoms with Gasteiger partial charge in [0.05, 0.1) is 13.1 Å². The smallest absolute Gasteiger partial charge is 0.225 e. The summed E-state index contributed by atoms with van der Waals surface area (Å²) in [5.41, 5.74) is 0.977. The Labute approximate surface area is 148 Å². The van der Waals surface area contributed by atoms with Crippen molar-refractivity contribution in [2.75, 3.05) is 6.54 Å². The van der Waals surface area contributed by atoms with Gasteiger partial charge in [-0.3, -0.25) is 4.79 Å². The van der Waals surface area contributed by atoms with Crippen molar-refractivity contribution >= 4 is 5.91 Å². The van der Waals surface area contributed by atoms with Gasteiger partial charge in [0.25, 0.3) is 0 Å². The fourth-order valence-corrected chi connectivity index (χ4v) is 3.19. The van der Waals surface area contributed by atoms with Gasteiger partial charge >= 0.3 is 0 Å². The third kappa shape index (κ3) is 4.66. The van der Waals surface area contributed by atoms with E-state index in [1.165, 1.54) is 12.8 Å². The van der Waals surface area contributed by atoms with Gasteiger partial charge < -0.3 is 4.90 Å². The molecule has 1 aromatic heterocycles. The lowest BCUT2D eigenvalue weighted by Gasteiger charge is -2.27. The van der Waals surface area contributed by atoms with Crippen LogP contribution in [0, 0.1) is 18.8 Å². The zero-order chi connectivity index (χ0) is 17.5. The lowest BCUT2D eigenvalue weighted by molar-refractivity contribution is -0.133. The van der Waals surface area contributed by atoms with Crippen LogP contribution in [0.1, 0.15) is 43.5 Å². The quantitative estimate of drug-likeness (QED) is 0.785. The minimum absolute atomic E-state index is 0.129. The number of carbonyl (C=O) groups excluding carboxylic acids is 1. The van der Waals surface area contributed by atoms with Crippen molar-refractivity contribution in [3.63, 3.8) is 0 Å². The predicted octanol–water partition coefficient (Wildman–Crippen LogP) is 2.19. The van der Waals surface area contributed by atoms with E-state index in [1.807, 2.05) is 42.2 Å². The molecule has 0 aliphatic heterocycles. The zero-order valence-corrected chi connectivity index (χ0v) is 14.6. The highest BCUT2D eigenvalue weighted by atomic mass is 16.2. The maximum absolute atomic E-state index is 12.8. The highest BCUT2D eigenvalue weighted by Gasteiger charge is 2.25. The van der Waals surface area contributed by atoms with E-state index in [9.17, 15) is 4.79 Å². The van der Waals surface area contributed by atoms with Gasteiger partial charge in [-0.25, -0.2) is 4.68 Å². The van der Waals surface area contributed by atoms with E-state index in [1.54, 1.807) is 4.68 Å². The Balaban J connectivity index is 1.63. The van der Waals surface area contributed by atoms with Crippen molar-refractivity contribution in [2.45, 2.75) is 51.6 Å². The first-order valence-electron chi connectivity index (χ1n) is 8.80. The minimum Gasteiger partial charge on any atom is -0.328 e. The van der Waals surface area contributed by atoms with E-state index in [0.29, 0.717) is 25.6 Å². The Kier molecular flexibility index (Phi) is 5.78. The Morgan fingerprint density at radius 2 is 2.04 bits per heavy atom. The van der Waals surface area contributed by atoms with Crippen LogP contribution in [0.15, 0.2) is 30.3 Å². The summed E-state index contributed by atoms with van der Waals surface area (Å²) in [5, 5.41) is 11.4. The van der Waals surface area contributed by atoms with Crippen LogP contribution in [-0.2, 0) is 11.3 Å². The molecule has 6 nitrogen and oxygen atoms in total. The van der Waals surface area contributed by atoms with Crippen LogP contribution in [0.2, 0.25) is 0 Å². The van der Waals surface area contributed by atoms with Gasteiger partial charge in [-0.15, -0.1) is 5.10 Å². The number of amides is 1. The number of hydrogen-bond acceptors (Lipinski definition) is 4. The zero-order valence-electron chi connectivity index (χ0n) is 14.6. The molecule has 1 aliphatic rings.